The summed E-state index contributed by atoms with van der Waals surface area (Å²) in [4.78, 5) is 26.6. The number of H-pyrrole nitrogens is 1. The SMILES string of the molecule is Cc1cn([C@H]2C[C@H](S)[C@@H](COC(c3ccccc3)(c3ccccc3)c3ccccc3)O2)c(=O)[nH]c1=O. The fraction of sp³-hybridized carbons (Fsp3) is 0.241. The quantitative estimate of drug-likeness (QED) is 0.291. The molecule has 2 heterocycles. The van der Waals surface area contributed by atoms with Crippen LogP contribution >= 0.6 is 12.6 Å². The molecule has 184 valence electrons. The first-order chi connectivity index (χ1) is 17.5. The average Bonchev–Trinajstić information content (AvgIpc) is 3.28. The minimum atomic E-state index is -0.871. The topological polar surface area (TPSA) is 73.3 Å². The van der Waals surface area contributed by atoms with E-state index in [9.17, 15) is 9.59 Å². The van der Waals surface area contributed by atoms with Gasteiger partial charge in [0.05, 0.1) is 12.7 Å². The predicted octanol–water partition coefficient (Wildman–Crippen LogP) is 4.44. The molecule has 3 aromatic carbocycles. The van der Waals surface area contributed by atoms with Gasteiger partial charge in [0.15, 0.2) is 0 Å². The van der Waals surface area contributed by atoms with Crippen molar-refractivity contribution in [3.05, 3.63) is 140 Å². The standard InChI is InChI=1S/C29H28N2O4S/c1-20-18-31(28(33)30-27(20)32)26-17-25(36)24(35-26)19-34-29(21-11-5-2-6-12-21,22-13-7-3-8-14-22)23-15-9-4-10-16-23/h2-16,18,24-26,36H,17,19H2,1H3,(H,30,32,33)/t24-,25+,26-/m1/s1. The molecule has 5 rings (SSSR count). The lowest BCUT2D eigenvalue weighted by Gasteiger charge is -2.37. The third kappa shape index (κ3) is 4.57. The molecule has 0 saturated carbocycles. The number of nitrogens with one attached hydrogen (secondary N) is 1. The summed E-state index contributed by atoms with van der Waals surface area (Å²) in [6.07, 6.45) is 1.15. The van der Waals surface area contributed by atoms with Crippen LogP contribution in [0.2, 0.25) is 0 Å². The molecule has 0 radical (unpaired) electrons. The Hall–Kier alpha value is -3.39. The minimum Gasteiger partial charge on any atom is -0.358 e. The molecule has 0 aliphatic carbocycles. The first kappa shape index (κ1) is 24.3. The van der Waals surface area contributed by atoms with Crippen LogP contribution in [0, 0.1) is 6.92 Å². The van der Waals surface area contributed by atoms with Gasteiger partial charge in [-0.1, -0.05) is 91.0 Å². The molecule has 0 bridgehead atoms. The lowest BCUT2D eigenvalue weighted by atomic mass is 9.80. The third-order valence-electron chi connectivity index (χ3n) is 6.67. The van der Waals surface area contributed by atoms with E-state index in [4.69, 9.17) is 22.1 Å². The van der Waals surface area contributed by atoms with Gasteiger partial charge >= 0.3 is 5.69 Å². The first-order valence-electron chi connectivity index (χ1n) is 11.9. The van der Waals surface area contributed by atoms with Gasteiger partial charge in [-0.3, -0.25) is 14.3 Å². The molecule has 1 aliphatic heterocycles. The maximum Gasteiger partial charge on any atom is 0.330 e. The maximum atomic E-state index is 12.4. The number of hydrogen-bond donors (Lipinski definition) is 2. The number of thiol groups is 1. The van der Waals surface area contributed by atoms with Crippen LogP contribution in [0.15, 0.2) is 107 Å². The molecule has 0 unspecified atom stereocenters. The molecule has 1 aromatic heterocycles. The minimum absolute atomic E-state index is 0.158. The summed E-state index contributed by atoms with van der Waals surface area (Å²) in [7, 11) is 0. The lowest BCUT2D eigenvalue weighted by Crippen LogP contribution is -2.37. The number of aromatic amines is 1. The summed E-state index contributed by atoms with van der Waals surface area (Å²) >= 11 is 4.78. The number of hydrogen-bond acceptors (Lipinski definition) is 5. The van der Waals surface area contributed by atoms with E-state index in [0.717, 1.165) is 16.7 Å². The number of nitrogens with zero attached hydrogens (tertiary/aromatic N) is 1. The first-order valence-corrected chi connectivity index (χ1v) is 12.5. The zero-order chi connectivity index (χ0) is 25.1. The number of aromatic nitrogens is 2. The summed E-state index contributed by atoms with van der Waals surface area (Å²) in [6, 6.07) is 30.4. The van der Waals surface area contributed by atoms with Gasteiger partial charge in [-0.15, -0.1) is 0 Å². The van der Waals surface area contributed by atoms with E-state index in [2.05, 4.69) is 41.4 Å². The Morgan fingerprint density at radius 2 is 1.42 bits per heavy atom. The van der Waals surface area contributed by atoms with E-state index < -0.39 is 23.1 Å². The largest absolute Gasteiger partial charge is 0.358 e. The van der Waals surface area contributed by atoms with Gasteiger partial charge < -0.3 is 9.47 Å². The molecule has 6 nitrogen and oxygen atoms in total. The highest BCUT2D eigenvalue weighted by Crippen LogP contribution is 2.42. The molecule has 3 atom stereocenters. The van der Waals surface area contributed by atoms with Crippen LogP contribution in [0.25, 0.3) is 0 Å². The zero-order valence-corrected chi connectivity index (χ0v) is 20.8. The van der Waals surface area contributed by atoms with Crippen LogP contribution in [0.5, 0.6) is 0 Å². The van der Waals surface area contributed by atoms with Gasteiger partial charge in [0.1, 0.15) is 11.8 Å². The van der Waals surface area contributed by atoms with Gasteiger partial charge in [-0.25, -0.2) is 4.79 Å². The molecular weight excluding hydrogens is 472 g/mol. The highest BCUT2D eigenvalue weighted by molar-refractivity contribution is 7.81. The van der Waals surface area contributed by atoms with E-state index in [1.807, 2.05) is 54.6 Å². The second-order valence-electron chi connectivity index (χ2n) is 9.00. The van der Waals surface area contributed by atoms with Crippen molar-refractivity contribution in [2.24, 2.45) is 0 Å². The Bertz CT molecular complexity index is 1320. The fourth-order valence-electron chi connectivity index (χ4n) is 4.81. The second kappa shape index (κ2) is 10.3. The van der Waals surface area contributed by atoms with Crippen molar-refractivity contribution in [3.63, 3.8) is 0 Å². The van der Waals surface area contributed by atoms with Gasteiger partial charge in [0.25, 0.3) is 5.56 Å². The monoisotopic (exact) mass is 500 g/mol. The van der Waals surface area contributed by atoms with Crippen molar-refractivity contribution in [2.45, 2.75) is 36.5 Å². The normalized spacial score (nSPS) is 19.9. The summed E-state index contributed by atoms with van der Waals surface area (Å²) in [6.45, 7) is 1.91. The van der Waals surface area contributed by atoms with Crippen molar-refractivity contribution in [2.75, 3.05) is 6.61 Å². The molecule has 1 N–H and O–H groups in total. The van der Waals surface area contributed by atoms with E-state index in [1.165, 1.54) is 10.8 Å². The number of benzene rings is 3. The smallest absolute Gasteiger partial charge is 0.330 e. The molecule has 36 heavy (non-hydrogen) atoms. The molecule has 0 amide bonds. The number of ether oxygens (including phenoxy) is 2. The van der Waals surface area contributed by atoms with Crippen molar-refractivity contribution in [1.82, 2.24) is 9.55 Å². The van der Waals surface area contributed by atoms with Crippen molar-refractivity contribution >= 4 is 12.6 Å². The maximum absolute atomic E-state index is 12.4. The van der Waals surface area contributed by atoms with E-state index >= 15 is 0 Å². The van der Waals surface area contributed by atoms with Crippen LogP contribution in [-0.4, -0.2) is 27.5 Å². The summed E-state index contributed by atoms with van der Waals surface area (Å²) in [5.41, 5.74) is 1.69. The fourth-order valence-corrected chi connectivity index (χ4v) is 5.15. The van der Waals surface area contributed by atoms with E-state index in [0.29, 0.717) is 12.0 Å². The Morgan fingerprint density at radius 1 is 0.917 bits per heavy atom. The highest BCUT2D eigenvalue weighted by atomic mass is 32.1. The molecule has 0 spiro atoms. The average molecular weight is 501 g/mol. The Morgan fingerprint density at radius 3 is 1.92 bits per heavy atom. The summed E-state index contributed by atoms with van der Waals surface area (Å²) in [5.74, 6) is 0. The molecule has 1 fully saturated rings. The molecule has 4 aromatic rings. The molecular formula is C29H28N2O4S. The summed E-state index contributed by atoms with van der Waals surface area (Å²) < 4.78 is 14.6. The number of rotatable bonds is 7. The lowest BCUT2D eigenvalue weighted by molar-refractivity contribution is -0.0764. The van der Waals surface area contributed by atoms with Crippen LogP contribution < -0.4 is 11.2 Å². The van der Waals surface area contributed by atoms with Gasteiger partial charge in [-0.05, 0) is 23.6 Å². The number of aryl methyl sites for hydroxylation is 1. The Labute approximate surface area is 215 Å². The van der Waals surface area contributed by atoms with Crippen LogP contribution in [-0.2, 0) is 15.1 Å². The second-order valence-corrected chi connectivity index (χ2v) is 9.66. The molecule has 7 heteroatoms. The Kier molecular flexibility index (Phi) is 6.96. The summed E-state index contributed by atoms with van der Waals surface area (Å²) in [5, 5.41) is -0.158. The van der Waals surface area contributed by atoms with Crippen molar-refractivity contribution in [1.29, 1.82) is 0 Å². The van der Waals surface area contributed by atoms with Crippen LogP contribution in [0.4, 0.5) is 0 Å². The highest BCUT2D eigenvalue weighted by Gasteiger charge is 2.41. The van der Waals surface area contributed by atoms with Crippen LogP contribution in [0.1, 0.15) is 34.9 Å². The van der Waals surface area contributed by atoms with E-state index in [-0.39, 0.29) is 18.0 Å². The zero-order valence-electron chi connectivity index (χ0n) is 19.9. The molecule has 1 aliphatic rings. The molecule has 1 saturated heterocycles. The van der Waals surface area contributed by atoms with Crippen LogP contribution in [0.3, 0.4) is 0 Å². The van der Waals surface area contributed by atoms with Crippen molar-refractivity contribution in [3.8, 4) is 0 Å². The third-order valence-corrected chi connectivity index (χ3v) is 7.21. The van der Waals surface area contributed by atoms with Gasteiger partial charge in [0.2, 0.25) is 0 Å². The Balaban J connectivity index is 1.50. The predicted molar refractivity (Wildman–Crippen MR) is 143 cm³/mol. The van der Waals surface area contributed by atoms with Gasteiger partial charge in [0, 0.05) is 23.4 Å². The van der Waals surface area contributed by atoms with E-state index in [1.54, 1.807) is 6.92 Å². The van der Waals surface area contributed by atoms with Crippen molar-refractivity contribution < 1.29 is 9.47 Å². The van der Waals surface area contributed by atoms with Gasteiger partial charge in [-0.2, -0.15) is 12.6 Å².